The van der Waals surface area contributed by atoms with E-state index in [2.05, 4.69) is 13.8 Å². The van der Waals surface area contributed by atoms with E-state index < -0.39 is 12.1 Å². The van der Waals surface area contributed by atoms with Crippen molar-refractivity contribution in [1.29, 1.82) is 0 Å². The predicted octanol–water partition coefficient (Wildman–Crippen LogP) is 8.18. The predicted molar refractivity (Wildman–Crippen MR) is 139 cm³/mol. The van der Waals surface area contributed by atoms with Gasteiger partial charge in [-0.2, -0.15) is 0 Å². The Bertz CT molecular complexity index is 839. The smallest absolute Gasteiger partial charge is 0.338 e. The number of ether oxygens (including phenoxy) is 2. The zero-order chi connectivity index (χ0) is 24.6. The lowest BCUT2D eigenvalue weighted by Gasteiger charge is -2.12. The van der Waals surface area contributed by atoms with E-state index in [0.29, 0.717) is 12.0 Å². The third-order valence-corrected chi connectivity index (χ3v) is 6.09. The number of Topliss-reactive ketones (excluding diaryl/α,β-unsaturated/α-hetero) is 1. The molecule has 4 nitrogen and oxygen atoms in total. The third-order valence-electron chi connectivity index (χ3n) is 6.09. The second kappa shape index (κ2) is 16.1. The molecule has 0 fully saturated rings. The first kappa shape index (κ1) is 27.6. The molecule has 0 aromatic heterocycles. The van der Waals surface area contributed by atoms with Crippen LogP contribution in [0.25, 0.3) is 11.1 Å². The maximum absolute atomic E-state index is 12.4. The summed E-state index contributed by atoms with van der Waals surface area (Å²) in [6.45, 7) is 6.78. The van der Waals surface area contributed by atoms with Crippen LogP contribution in [0.1, 0.15) is 102 Å². The molecular weight excluding hydrogens is 424 g/mol. The molecule has 2 aromatic carbocycles. The van der Waals surface area contributed by atoms with Crippen LogP contribution in [0.2, 0.25) is 0 Å². The van der Waals surface area contributed by atoms with Crippen molar-refractivity contribution in [2.24, 2.45) is 0 Å². The molecule has 186 valence electrons. The van der Waals surface area contributed by atoms with Crippen LogP contribution in [-0.2, 0) is 9.53 Å². The summed E-state index contributed by atoms with van der Waals surface area (Å²) in [7, 11) is 0. The Balaban J connectivity index is 1.78. The summed E-state index contributed by atoms with van der Waals surface area (Å²) in [4.78, 5) is 24.6. The summed E-state index contributed by atoms with van der Waals surface area (Å²) in [5.74, 6) is 0.408. The van der Waals surface area contributed by atoms with E-state index in [-0.39, 0.29) is 5.78 Å². The fourth-order valence-electron chi connectivity index (χ4n) is 3.84. The molecule has 0 heterocycles. The lowest BCUT2D eigenvalue weighted by molar-refractivity contribution is -0.127. The number of carbonyl (C=O) groups excluding carboxylic acids is 2. The van der Waals surface area contributed by atoms with Crippen LogP contribution in [-0.4, -0.2) is 24.5 Å². The van der Waals surface area contributed by atoms with Crippen LogP contribution >= 0.6 is 0 Å². The molecule has 0 saturated carbocycles. The van der Waals surface area contributed by atoms with E-state index in [9.17, 15) is 9.59 Å². The molecule has 2 aromatic rings. The lowest BCUT2D eigenvalue weighted by atomic mass is 10.0. The van der Waals surface area contributed by atoms with Crippen molar-refractivity contribution in [1.82, 2.24) is 0 Å². The van der Waals surface area contributed by atoms with E-state index in [1.807, 2.05) is 36.4 Å². The van der Waals surface area contributed by atoms with Gasteiger partial charge >= 0.3 is 5.97 Å². The summed E-state index contributed by atoms with van der Waals surface area (Å²) in [6, 6.07) is 15.3. The van der Waals surface area contributed by atoms with Gasteiger partial charge in [-0.15, -0.1) is 0 Å². The van der Waals surface area contributed by atoms with Gasteiger partial charge in [-0.05, 0) is 55.2 Å². The minimum Gasteiger partial charge on any atom is -0.494 e. The van der Waals surface area contributed by atoms with Crippen LogP contribution in [0.4, 0.5) is 0 Å². The van der Waals surface area contributed by atoms with E-state index in [0.717, 1.165) is 55.6 Å². The van der Waals surface area contributed by atoms with Crippen molar-refractivity contribution in [3.05, 3.63) is 54.1 Å². The second-order valence-electron chi connectivity index (χ2n) is 9.04. The minimum atomic E-state index is -0.710. The van der Waals surface area contributed by atoms with Crippen LogP contribution in [0.15, 0.2) is 48.5 Å². The first-order valence-electron chi connectivity index (χ1n) is 13.1. The number of unbranched alkanes of at least 4 members (excludes halogenated alkanes) is 8. The Morgan fingerprint density at radius 3 is 1.85 bits per heavy atom. The molecule has 0 aliphatic carbocycles. The molecule has 0 saturated heterocycles. The fraction of sp³-hybridized carbons (Fsp3) is 0.533. The average Bonchev–Trinajstić information content (AvgIpc) is 2.86. The normalized spacial score (nSPS) is 11.7. The highest BCUT2D eigenvalue weighted by atomic mass is 16.5. The van der Waals surface area contributed by atoms with Gasteiger partial charge in [-0.25, -0.2) is 4.79 Å². The Hall–Kier alpha value is -2.62. The second-order valence-corrected chi connectivity index (χ2v) is 9.04. The number of benzene rings is 2. The summed E-state index contributed by atoms with van der Waals surface area (Å²) in [5.41, 5.74) is 2.52. The first-order chi connectivity index (χ1) is 16.5. The van der Waals surface area contributed by atoms with E-state index in [1.165, 1.54) is 32.1 Å². The molecule has 34 heavy (non-hydrogen) atoms. The van der Waals surface area contributed by atoms with Gasteiger partial charge in [0, 0.05) is 6.42 Å². The van der Waals surface area contributed by atoms with Gasteiger partial charge in [-0.1, -0.05) is 89.5 Å². The van der Waals surface area contributed by atoms with Crippen LogP contribution < -0.4 is 4.74 Å². The number of hydrogen-bond acceptors (Lipinski definition) is 4. The van der Waals surface area contributed by atoms with Crippen molar-refractivity contribution in [2.75, 3.05) is 6.61 Å². The maximum Gasteiger partial charge on any atom is 0.338 e. The molecule has 4 heteroatoms. The van der Waals surface area contributed by atoms with Crippen LogP contribution in [0, 0.1) is 0 Å². The van der Waals surface area contributed by atoms with Gasteiger partial charge < -0.3 is 9.47 Å². The fourth-order valence-corrected chi connectivity index (χ4v) is 3.84. The molecular formula is C30H42O4. The highest BCUT2D eigenvalue weighted by Crippen LogP contribution is 2.23. The highest BCUT2D eigenvalue weighted by Gasteiger charge is 2.18. The Kier molecular flexibility index (Phi) is 13.1. The molecule has 2 rings (SSSR count). The number of rotatable bonds is 17. The Morgan fingerprint density at radius 1 is 0.706 bits per heavy atom. The molecule has 0 spiro atoms. The van der Waals surface area contributed by atoms with Gasteiger partial charge in [-0.3, -0.25) is 4.79 Å². The maximum atomic E-state index is 12.4. The van der Waals surface area contributed by atoms with Crippen molar-refractivity contribution in [2.45, 2.75) is 97.5 Å². The number of hydrogen-bond donors (Lipinski definition) is 0. The van der Waals surface area contributed by atoms with Crippen molar-refractivity contribution >= 4 is 11.8 Å². The first-order valence-corrected chi connectivity index (χ1v) is 13.1. The van der Waals surface area contributed by atoms with Crippen LogP contribution in [0.5, 0.6) is 5.75 Å². The number of ketones is 1. The number of esters is 1. The molecule has 0 amide bonds. The van der Waals surface area contributed by atoms with Crippen LogP contribution in [0.3, 0.4) is 0 Å². The average molecular weight is 467 g/mol. The summed E-state index contributed by atoms with van der Waals surface area (Å²) in [5, 5.41) is 0. The molecule has 0 radical (unpaired) electrons. The van der Waals surface area contributed by atoms with Gasteiger partial charge in [0.2, 0.25) is 0 Å². The van der Waals surface area contributed by atoms with E-state index in [4.69, 9.17) is 9.47 Å². The summed E-state index contributed by atoms with van der Waals surface area (Å²) in [6.07, 6.45) is 11.4. The minimum absolute atomic E-state index is 0.0140. The zero-order valence-electron chi connectivity index (χ0n) is 21.3. The SMILES string of the molecule is CCCCCCCCOc1ccc(-c2ccc(C(=O)OC(C)C(=O)CCCCCC)cc2)cc1. The molecule has 0 aliphatic rings. The van der Waals surface area contributed by atoms with Crippen molar-refractivity contribution in [3.63, 3.8) is 0 Å². The topological polar surface area (TPSA) is 52.6 Å². The zero-order valence-corrected chi connectivity index (χ0v) is 21.3. The third kappa shape index (κ3) is 10.1. The van der Waals surface area contributed by atoms with E-state index in [1.54, 1.807) is 19.1 Å². The van der Waals surface area contributed by atoms with Gasteiger partial charge in [0.05, 0.1) is 12.2 Å². The summed E-state index contributed by atoms with van der Waals surface area (Å²) < 4.78 is 11.2. The lowest BCUT2D eigenvalue weighted by Crippen LogP contribution is -2.24. The summed E-state index contributed by atoms with van der Waals surface area (Å²) >= 11 is 0. The van der Waals surface area contributed by atoms with Gasteiger partial charge in [0.15, 0.2) is 11.9 Å². The van der Waals surface area contributed by atoms with Gasteiger partial charge in [0.25, 0.3) is 0 Å². The molecule has 1 unspecified atom stereocenters. The standard InChI is InChI=1S/C30H42O4/c1-4-6-8-10-11-13-23-33-28-21-19-26(20-22-28)25-15-17-27(18-16-25)30(32)34-24(3)29(31)14-12-9-7-5-2/h15-22,24H,4-14,23H2,1-3H3. The number of carbonyl (C=O) groups is 2. The van der Waals surface area contributed by atoms with Gasteiger partial charge in [0.1, 0.15) is 5.75 Å². The van der Waals surface area contributed by atoms with Crippen molar-refractivity contribution < 1.29 is 19.1 Å². The molecule has 0 N–H and O–H groups in total. The largest absolute Gasteiger partial charge is 0.494 e. The molecule has 0 bridgehead atoms. The highest BCUT2D eigenvalue weighted by molar-refractivity contribution is 5.93. The Morgan fingerprint density at radius 2 is 1.24 bits per heavy atom. The monoisotopic (exact) mass is 466 g/mol. The molecule has 0 aliphatic heterocycles. The Labute approximate surface area is 206 Å². The van der Waals surface area contributed by atoms with E-state index >= 15 is 0 Å². The quantitative estimate of drug-likeness (QED) is 0.174. The molecule has 1 atom stereocenters. The van der Waals surface area contributed by atoms with Crippen molar-refractivity contribution in [3.8, 4) is 16.9 Å².